The van der Waals surface area contributed by atoms with Gasteiger partial charge in [-0.05, 0) is 16.1 Å². The van der Waals surface area contributed by atoms with E-state index >= 15 is 0 Å². The van der Waals surface area contributed by atoms with Gasteiger partial charge in [-0.1, -0.05) is 87.9 Å². The molecule has 0 atom stereocenters. The molecule has 0 saturated carbocycles. The molecule has 0 nitrogen and oxygen atoms in total. The maximum atomic E-state index is 3.62. The van der Waals surface area contributed by atoms with E-state index in [2.05, 4.69) is 64.5 Å². The van der Waals surface area contributed by atoms with Crippen LogP contribution in [0.5, 0.6) is 0 Å². The van der Waals surface area contributed by atoms with Crippen LogP contribution in [0.2, 0.25) is 39.3 Å². The topological polar surface area (TPSA) is 0 Å². The first-order valence-corrected chi connectivity index (χ1v) is 15.6. The van der Waals surface area contributed by atoms with Crippen LogP contribution < -0.4 is 0 Å². The largest absolute Gasteiger partial charge is 2.00 e. The third-order valence-electron chi connectivity index (χ3n) is 2.80. The average molecular weight is 446 g/mol. The van der Waals surface area contributed by atoms with Crippen molar-refractivity contribution in [2.45, 2.75) is 53.1 Å². The Morgan fingerprint density at radius 2 is 0.760 bits per heavy atom. The molecule has 0 N–H and O–H groups in total. The van der Waals surface area contributed by atoms with Gasteiger partial charge in [-0.2, -0.15) is 0 Å². The molecule has 0 unspecified atom stereocenters. The van der Waals surface area contributed by atoms with E-state index in [1.807, 2.05) is 61.4 Å². The van der Waals surface area contributed by atoms with Crippen LogP contribution in [0.25, 0.3) is 0 Å². The molecule has 0 fully saturated rings. The third kappa shape index (κ3) is 19.9. The van der Waals surface area contributed by atoms with Crippen LogP contribution >= 0.6 is 0 Å². The summed E-state index contributed by atoms with van der Waals surface area (Å²) in [6.07, 6.45) is 20.0. The van der Waals surface area contributed by atoms with Crippen molar-refractivity contribution in [2.24, 2.45) is 0 Å². The van der Waals surface area contributed by atoms with Crippen molar-refractivity contribution < 1.29 is 26.2 Å². The molecule has 2 radical (unpaired) electrons. The van der Waals surface area contributed by atoms with Crippen molar-refractivity contribution in [3.8, 4) is 0 Å². The molecule has 2 rings (SSSR count). The summed E-state index contributed by atoms with van der Waals surface area (Å²) >= 11 is 0. The van der Waals surface area contributed by atoms with Crippen LogP contribution in [-0.2, 0) is 26.2 Å². The maximum absolute atomic E-state index is 3.62. The fourth-order valence-electron chi connectivity index (χ4n) is 1.95. The predicted octanol–water partition coefficient (Wildman–Crippen LogP) is 6.87. The first-order valence-electron chi connectivity index (χ1n) is 8.58. The fraction of sp³-hybridized carbons (Fsp3) is 0.364. The van der Waals surface area contributed by atoms with Gasteiger partial charge in [0.15, 0.2) is 0 Å². The second kappa shape index (κ2) is 13.9. The summed E-state index contributed by atoms with van der Waals surface area (Å²) in [4.78, 5) is 0. The van der Waals surface area contributed by atoms with Gasteiger partial charge in [0, 0.05) is 12.8 Å². The Hall–Kier alpha value is -0.243. The minimum Gasteiger partial charge on any atom is -0.378 e. The molecule has 0 aliphatic heterocycles. The molecule has 0 amide bonds. The minimum absolute atomic E-state index is 0. The Morgan fingerprint density at radius 3 is 0.880 bits per heavy atom. The number of hydrogen-bond donors (Lipinski definition) is 0. The molecule has 25 heavy (non-hydrogen) atoms. The van der Waals surface area contributed by atoms with Gasteiger partial charge in [-0.25, -0.2) is 0 Å². The maximum Gasteiger partial charge on any atom is 2.00 e. The average Bonchev–Trinajstić information content (AvgIpc) is 3.14. The summed E-state index contributed by atoms with van der Waals surface area (Å²) in [5, 5.41) is 0. The van der Waals surface area contributed by atoms with Crippen molar-refractivity contribution in [2.75, 3.05) is 0 Å². The molecule has 134 valence electrons. The molecule has 3 heteroatoms. The first-order chi connectivity index (χ1) is 11.0. The number of hydrogen-bond acceptors (Lipinski definition) is 0. The van der Waals surface area contributed by atoms with Gasteiger partial charge >= 0.3 is 26.2 Å². The van der Waals surface area contributed by atoms with E-state index < -0.39 is 16.1 Å². The molecule has 0 heterocycles. The van der Waals surface area contributed by atoms with Gasteiger partial charge in [0.25, 0.3) is 0 Å². The molecule has 0 aromatic carbocycles. The zero-order valence-electron chi connectivity index (χ0n) is 17.3. The van der Waals surface area contributed by atoms with Gasteiger partial charge < -0.3 is 22.5 Å². The van der Waals surface area contributed by atoms with Crippen LogP contribution in [0.15, 0.2) is 59.8 Å². The summed E-state index contributed by atoms with van der Waals surface area (Å²) in [6, 6.07) is 0. The van der Waals surface area contributed by atoms with E-state index in [1.54, 1.807) is 0 Å². The molecule has 2 aliphatic rings. The summed E-state index contributed by atoms with van der Waals surface area (Å²) in [6.45, 7) is 18.2. The third-order valence-corrected chi connectivity index (χ3v) is 5.05. The monoisotopic (exact) mass is 444 g/mol. The summed E-state index contributed by atoms with van der Waals surface area (Å²) < 4.78 is 0. The van der Waals surface area contributed by atoms with Crippen molar-refractivity contribution in [1.29, 1.82) is 0 Å². The normalized spacial score (nSPS) is 16.0. The molecule has 0 saturated heterocycles. The summed E-state index contributed by atoms with van der Waals surface area (Å²) in [7, 11) is -2.38. The Balaban J connectivity index is 0. The Bertz CT molecular complexity index is 463. The molecule has 2 aliphatic carbocycles. The zero-order chi connectivity index (χ0) is 18.6. The molecule has 0 aromatic heterocycles. The van der Waals surface area contributed by atoms with Gasteiger partial charge in [0.05, 0.1) is 0 Å². The minimum atomic E-state index is -1.19. The number of rotatable bonds is 3. The molecular formula is C22H34Si2Zr. The summed E-state index contributed by atoms with van der Waals surface area (Å²) in [5.41, 5.74) is 9.86. The molecule has 0 spiro atoms. The van der Waals surface area contributed by atoms with Crippen LogP contribution in [0.3, 0.4) is 0 Å². The van der Waals surface area contributed by atoms with Crippen molar-refractivity contribution in [3.63, 3.8) is 0 Å². The Kier molecular flexibility index (Phi) is 15.0. The van der Waals surface area contributed by atoms with E-state index in [0.29, 0.717) is 0 Å². The Labute approximate surface area is 178 Å². The van der Waals surface area contributed by atoms with Crippen LogP contribution in [0.4, 0.5) is 0 Å². The SMILES string of the molecule is CC(=[C-][Si](C)(C)C)C(C)=[C-][Si](C)(C)C.[CH]1C=CC=C1.[CH]1C=CC=C1.[Zr+2]. The molecular weight excluding hydrogens is 412 g/mol. The van der Waals surface area contributed by atoms with Gasteiger partial charge in [0.2, 0.25) is 0 Å². The second-order valence-corrected chi connectivity index (χ2v) is 17.4. The van der Waals surface area contributed by atoms with E-state index in [4.69, 9.17) is 0 Å². The van der Waals surface area contributed by atoms with E-state index in [1.165, 1.54) is 11.1 Å². The molecule has 0 aromatic rings. The van der Waals surface area contributed by atoms with Crippen LogP contribution in [-0.4, -0.2) is 16.1 Å². The number of allylic oxidation sites excluding steroid dienone is 10. The van der Waals surface area contributed by atoms with Crippen molar-refractivity contribution in [1.82, 2.24) is 0 Å². The van der Waals surface area contributed by atoms with Crippen LogP contribution in [0, 0.1) is 24.2 Å². The quantitative estimate of drug-likeness (QED) is 0.252. The molecule has 0 bridgehead atoms. The first kappa shape index (κ1) is 27.0. The Morgan fingerprint density at radius 1 is 0.520 bits per heavy atom. The second-order valence-electron chi connectivity index (χ2n) is 7.92. The predicted molar refractivity (Wildman–Crippen MR) is 117 cm³/mol. The van der Waals surface area contributed by atoms with E-state index in [0.717, 1.165) is 0 Å². The smallest absolute Gasteiger partial charge is 0.378 e. The van der Waals surface area contributed by atoms with Crippen molar-refractivity contribution >= 4 is 16.1 Å². The van der Waals surface area contributed by atoms with E-state index in [9.17, 15) is 0 Å². The van der Waals surface area contributed by atoms with Gasteiger partial charge in [-0.15, -0.1) is 13.8 Å². The fourth-order valence-corrected chi connectivity index (χ4v) is 4.58. The zero-order valence-corrected chi connectivity index (χ0v) is 21.7. The van der Waals surface area contributed by atoms with Gasteiger partial charge in [-0.3, -0.25) is 0 Å². The van der Waals surface area contributed by atoms with E-state index in [-0.39, 0.29) is 26.2 Å². The standard InChI is InChI=1S/C12H24Si2.2C5H5.Zr/c1-11(9-13(3,4)5)12(2)10-14(6,7)8;2*1-2-4-5-3-1;/h1-8H3;2*1-5H;/q-2;;;+2. The summed E-state index contributed by atoms with van der Waals surface area (Å²) in [5.74, 6) is 0. The van der Waals surface area contributed by atoms with Gasteiger partial charge in [0.1, 0.15) is 0 Å². The van der Waals surface area contributed by atoms with Crippen LogP contribution in [0.1, 0.15) is 13.8 Å². The van der Waals surface area contributed by atoms with Crippen molar-refractivity contribution in [3.05, 3.63) is 84.0 Å².